The monoisotopic (exact) mass is 509 g/mol. The van der Waals surface area contributed by atoms with Crippen molar-refractivity contribution in [3.8, 4) is 0 Å². The Morgan fingerprint density at radius 3 is 1.29 bits per heavy atom. The number of para-hydroxylation sites is 2. The van der Waals surface area contributed by atoms with Crippen LogP contribution in [0.15, 0.2) is 70.8 Å². The van der Waals surface area contributed by atoms with Crippen LogP contribution in [0.2, 0.25) is 0 Å². The van der Waals surface area contributed by atoms with Gasteiger partial charge in [0.2, 0.25) is 0 Å². The number of nitrogens with zero attached hydrogens (tertiary/aromatic N) is 3. The number of hydrogen-bond donors (Lipinski definition) is 0. The molecule has 0 aliphatic carbocycles. The van der Waals surface area contributed by atoms with E-state index in [1.165, 1.54) is 22.3 Å². The molecule has 0 aliphatic heterocycles. The molecular formula is C35H47N3. The predicted octanol–water partition coefficient (Wildman–Crippen LogP) is 10.3. The number of aromatic nitrogens is 1. The maximum absolute atomic E-state index is 5.38. The van der Waals surface area contributed by atoms with Crippen molar-refractivity contribution >= 4 is 22.8 Å². The van der Waals surface area contributed by atoms with Crippen LogP contribution in [-0.4, -0.2) is 16.4 Å². The fourth-order valence-corrected chi connectivity index (χ4v) is 5.12. The second-order valence-electron chi connectivity index (χ2n) is 11.8. The van der Waals surface area contributed by atoms with E-state index in [9.17, 15) is 0 Å². The van der Waals surface area contributed by atoms with Gasteiger partial charge in [-0.25, -0.2) is 0 Å². The van der Waals surface area contributed by atoms with E-state index in [0.29, 0.717) is 23.7 Å². The van der Waals surface area contributed by atoms with Gasteiger partial charge in [0.25, 0.3) is 0 Å². The Hall–Kier alpha value is -3.07. The Morgan fingerprint density at radius 2 is 0.974 bits per heavy atom. The van der Waals surface area contributed by atoms with Gasteiger partial charge in [-0.1, -0.05) is 97.9 Å². The van der Waals surface area contributed by atoms with Crippen molar-refractivity contribution in [2.24, 2.45) is 15.9 Å². The van der Waals surface area contributed by atoms with Crippen LogP contribution in [-0.2, 0) is 6.42 Å². The highest BCUT2D eigenvalue weighted by atomic mass is 14.8. The largest absolute Gasteiger partial charge is 0.261 e. The van der Waals surface area contributed by atoms with E-state index in [-0.39, 0.29) is 5.92 Å². The molecule has 1 heterocycles. The van der Waals surface area contributed by atoms with E-state index in [1.54, 1.807) is 0 Å². The number of pyridine rings is 1. The second-order valence-corrected chi connectivity index (χ2v) is 11.8. The second kappa shape index (κ2) is 13.1. The lowest BCUT2D eigenvalue weighted by atomic mass is 9.90. The average molecular weight is 510 g/mol. The molecule has 0 N–H and O–H groups in total. The third-order valence-electron chi connectivity index (χ3n) is 7.41. The van der Waals surface area contributed by atoms with Crippen LogP contribution >= 0.6 is 0 Å². The molecule has 0 saturated heterocycles. The quantitative estimate of drug-likeness (QED) is 0.250. The fourth-order valence-electron chi connectivity index (χ4n) is 5.12. The van der Waals surface area contributed by atoms with Crippen LogP contribution in [0, 0.1) is 5.92 Å². The number of rotatable bonds is 10. The molecule has 1 aromatic heterocycles. The van der Waals surface area contributed by atoms with E-state index in [4.69, 9.17) is 9.98 Å². The summed E-state index contributed by atoms with van der Waals surface area (Å²) in [5.74, 6) is 1.64. The third-order valence-corrected chi connectivity index (χ3v) is 7.41. The average Bonchev–Trinajstić information content (AvgIpc) is 2.87. The first-order valence-corrected chi connectivity index (χ1v) is 14.3. The summed E-state index contributed by atoms with van der Waals surface area (Å²) >= 11 is 0. The summed E-state index contributed by atoms with van der Waals surface area (Å²) in [7, 11) is 0. The van der Waals surface area contributed by atoms with Crippen molar-refractivity contribution < 1.29 is 0 Å². The van der Waals surface area contributed by atoms with Gasteiger partial charge in [0.15, 0.2) is 0 Å². The zero-order chi connectivity index (χ0) is 28.0. The molecule has 2 aromatic carbocycles. The van der Waals surface area contributed by atoms with E-state index in [2.05, 4.69) is 123 Å². The maximum Gasteiger partial charge on any atom is 0.0698 e. The van der Waals surface area contributed by atoms with E-state index in [0.717, 1.165) is 34.9 Å². The Bertz CT molecular complexity index is 1130. The summed E-state index contributed by atoms with van der Waals surface area (Å²) in [6, 6.07) is 19.4. The molecule has 3 aromatic rings. The Morgan fingerprint density at radius 1 is 0.579 bits per heavy atom. The summed E-state index contributed by atoms with van der Waals surface area (Å²) < 4.78 is 0. The van der Waals surface area contributed by atoms with Crippen LogP contribution in [0.3, 0.4) is 0 Å². The number of benzene rings is 2. The minimum absolute atomic E-state index is 0.0466. The lowest BCUT2D eigenvalue weighted by Gasteiger charge is -2.22. The summed E-state index contributed by atoms with van der Waals surface area (Å²) in [6.45, 7) is 22.4. The van der Waals surface area contributed by atoms with Gasteiger partial charge in [-0.05, 0) is 71.9 Å². The molecule has 3 rings (SSSR count). The third kappa shape index (κ3) is 7.07. The lowest BCUT2D eigenvalue weighted by molar-refractivity contribution is 0.822. The minimum atomic E-state index is 0.0466. The lowest BCUT2D eigenvalue weighted by Crippen LogP contribution is -2.23. The van der Waals surface area contributed by atoms with Crippen molar-refractivity contribution in [3.63, 3.8) is 0 Å². The molecule has 0 radical (unpaired) electrons. The molecule has 0 amide bonds. The van der Waals surface area contributed by atoms with E-state index >= 15 is 0 Å². The maximum atomic E-state index is 5.38. The summed E-state index contributed by atoms with van der Waals surface area (Å²) in [5.41, 5.74) is 10.7. The standard InChI is InChI=1S/C35H47N3/c1-22(2)29-16-13-17-30(23(3)4)34(29)37-26(9)33(21-28-15-11-12-20-36-28)27(10)38-35-31(24(5)6)18-14-19-32(35)25(7)8/h11-20,22-25,33H,21H2,1-10H3. The number of hydrogen-bond acceptors (Lipinski definition) is 3. The zero-order valence-corrected chi connectivity index (χ0v) is 25.2. The molecule has 38 heavy (non-hydrogen) atoms. The smallest absolute Gasteiger partial charge is 0.0698 e. The van der Waals surface area contributed by atoms with Gasteiger partial charge in [0, 0.05) is 35.7 Å². The molecule has 202 valence electrons. The van der Waals surface area contributed by atoms with Gasteiger partial charge in [0.05, 0.1) is 11.4 Å². The van der Waals surface area contributed by atoms with Gasteiger partial charge in [-0.3, -0.25) is 15.0 Å². The molecular weight excluding hydrogens is 462 g/mol. The van der Waals surface area contributed by atoms with Gasteiger partial charge < -0.3 is 0 Å². The van der Waals surface area contributed by atoms with Crippen molar-refractivity contribution in [3.05, 3.63) is 88.7 Å². The first-order chi connectivity index (χ1) is 18.0. The van der Waals surface area contributed by atoms with Gasteiger partial charge >= 0.3 is 0 Å². The SMILES string of the molecule is CC(=Nc1c(C(C)C)cccc1C(C)C)C(Cc1ccccn1)C(C)=Nc1c(C(C)C)cccc1C(C)C. The highest BCUT2D eigenvalue weighted by Crippen LogP contribution is 2.37. The van der Waals surface area contributed by atoms with Gasteiger partial charge in [-0.2, -0.15) is 0 Å². The Kier molecular flexibility index (Phi) is 10.2. The van der Waals surface area contributed by atoms with Crippen LogP contribution < -0.4 is 0 Å². The molecule has 0 unspecified atom stereocenters. The van der Waals surface area contributed by atoms with Crippen LogP contribution in [0.25, 0.3) is 0 Å². The Balaban J connectivity index is 2.21. The summed E-state index contributed by atoms with van der Waals surface area (Å²) in [5, 5.41) is 0. The van der Waals surface area contributed by atoms with Crippen LogP contribution in [0.5, 0.6) is 0 Å². The topological polar surface area (TPSA) is 37.6 Å². The first kappa shape index (κ1) is 29.5. The van der Waals surface area contributed by atoms with Gasteiger partial charge in [-0.15, -0.1) is 0 Å². The number of aliphatic imine (C=N–C) groups is 2. The molecule has 0 saturated carbocycles. The molecule has 0 fully saturated rings. The predicted molar refractivity (Wildman–Crippen MR) is 166 cm³/mol. The highest BCUT2D eigenvalue weighted by Gasteiger charge is 2.22. The molecule has 3 heteroatoms. The zero-order valence-electron chi connectivity index (χ0n) is 25.2. The van der Waals surface area contributed by atoms with Crippen molar-refractivity contribution in [2.45, 2.75) is 99.3 Å². The van der Waals surface area contributed by atoms with Crippen molar-refractivity contribution in [2.75, 3.05) is 0 Å². The first-order valence-electron chi connectivity index (χ1n) is 14.3. The summed E-state index contributed by atoms with van der Waals surface area (Å²) in [6.07, 6.45) is 2.65. The molecule has 3 nitrogen and oxygen atoms in total. The van der Waals surface area contributed by atoms with E-state index < -0.39 is 0 Å². The fraction of sp³-hybridized carbons (Fsp3) is 0.457. The van der Waals surface area contributed by atoms with Crippen LogP contribution in [0.4, 0.5) is 11.4 Å². The molecule has 0 bridgehead atoms. The van der Waals surface area contributed by atoms with Gasteiger partial charge in [0.1, 0.15) is 0 Å². The van der Waals surface area contributed by atoms with Crippen molar-refractivity contribution in [1.82, 2.24) is 4.98 Å². The minimum Gasteiger partial charge on any atom is -0.261 e. The van der Waals surface area contributed by atoms with E-state index in [1.807, 2.05) is 12.3 Å². The highest BCUT2D eigenvalue weighted by molar-refractivity contribution is 6.07. The molecule has 0 aliphatic rings. The Labute approximate surface area is 231 Å². The summed E-state index contributed by atoms with van der Waals surface area (Å²) in [4.78, 5) is 15.4. The van der Waals surface area contributed by atoms with Crippen molar-refractivity contribution in [1.29, 1.82) is 0 Å². The van der Waals surface area contributed by atoms with Crippen LogP contribution in [0.1, 0.15) is 121 Å². The molecule has 0 spiro atoms. The molecule has 0 atom stereocenters. The normalized spacial score (nSPS) is 13.7.